The topological polar surface area (TPSA) is 94.5 Å². The van der Waals surface area contributed by atoms with Crippen LogP contribution < -0.4 is 14.2 Å². The zero-order valence-electron chi connectivity index (χ0n) is 19.6. The number of carboxylic acid groups (broad SMARTS) is 1. The third kappa shape index (κ3) is 6.42. The van der Waals surface area contributed by atoms with Crippen molar-refractivity contribution in [3.8, 4) is 23.0 Å². The first-order valence-corrected chi connectivity index (χ1v) is 11.0. The van der Waals surface area contributed by atoms with E-state index in [1.165, 1.54) is 12.1 Å². The molecule has 0 aromatic heterocycles. The van der Waals surface area contributed by atoms with Crippen LogP contribution in [0.1, 0.15) is 35.3 Å². The Kier molecular flexibility index (Phi) is 8.38. The highest BCUT2D eigenvalue weighted by atomic mass is 16.5. The number of rotatable bonds is 12. The molecule has 7 heteroatoms. The first-order valence-electron chi connectivity index (χ1n) is 11.0. The van der Waals surface area contributed by atoms with Crippen LogP contribution in [0.3, 0.4) is 0 Å². The quantitative estimate of drug-likeness (QED) is 0.367. The lowest BCUT2D eigenvalue weighted by molar-refractivity contribution is 0.0693. The molecule has 0 heterocycles. The Morgan fingerprint density at radius 1 is 0.765 bits per heavy atom. The van der Waals surface area contributed by atoms with Crippen molar-refractivity contribution in [1.29, 1.82) is 0 Å². The fourth-order valence-corrected chi connectivity index (χ4v) is 3.44. The summed E-state index contributed by atoms with van der Waals surface area (Å²) < 4.78 is 22.0. The molecular formula is C27H30O7. The van der Waals surface area contributed by atoms with Crippen LogP contribution >= 0.6 is 0 Å². The Labute approximate surface area is 199 Å². The minimum atomic E-state index is -1.16. The second-order valence-corrected chi connectivity index (χ2v) is 8.17. The predicted octanol–water partition coefficient (Wildman–Crippen LogP) is 4.90. The van der Waals surface area contributed by atoms with Gasteiger partial charge in [-0.25, -0.2) is 4.79 Å². The maximum Gasteiger partial charge on any atom is 0.339 e. The summed E-state index contributed by atoms with van der Waals surface area (Å²) in [6.45, 7) is 5.74. The summed E-state index contributed by atoms with van der Waals surface area (Å²) in [5.74, 6) is 0.855. The highest BCUT2D eigenvalue weighted by Gasteiger charge is 2.25. The van der Waals surface area contributed by atoms with Gasteiger partial charge in [0.25, 0.3) is 0 Å². The van der Waals surface area contributed by atoms with Crippen molar-refractivity contribution >= 4 is 5.97 Å². The van der Waals surface area contributed by atoms with Gasteiger partial charge >= 0.3 is 5.97 Å². The second-order valence-electron chi connectivity index (χ2n) is 8.17. The summed E-state index contributed by atoms with van der Waals surface area (Å²) in [6, 6.07) is 19.7. The second kappa shape index (κ2) is 11.4. The van der Waals surface area contributed by atoms with Gasteiger partial charge in [-0.3, -0.25) is 0 Å². The Balaban J connectivity index is 1.43. The van der Waals surface area contributed by atoms with E-state index in [1.54, 1.807) is 13.2 Å². The molecule has 34 heavy (non-hydrogen) atoms. The van der Waals surface area contributed by atoms with Gasteiger partial charge in [-0.15, -0.1) is 0 Å². The van der Waals surface area contributed by atoms with Crippen LogP contribution in [-0.2, 0) is 10.2 Å². The lowest BCUT2D eigenvalue weighted by Crippen LogP contribution is -2.19. The maximum absolute atomic E-state index is 11.4. The van der Waals surface area contributed by atoms with Gasteiger partial charge in [0.1, 0.15) is 41.8 Å². The van der Waals surface area contributed by atoms with E-state index in [0.29, 0.717) is 26.4 Å². The maximum atomic E-state index is 11.4. The van der Waals surface area contributed by atoms with Gasteiger partial charge in [0.2, 0.25) is 0 Å². The van der Waals surface area contributed by atoms with Crippen molar-refractivity contribution in [3.63, 3.8) is 0 Å². The number of ether oxygens (including phenoxy) is 4. The summed E-state index contributed by atoms with van der Waals surface area (Å²) in [4.78, 5) is 11.4. The highest BCUT2D eigenvalue weighted by molar-refractivity contribution is 5.91. The fraction of sp³-hybridized carbons (Fsp3) is 0.296. The predicted molar refractivity (Wildman–Crippen MR) is 128 cm³/mol. The number of phenols is 1. The summed E-state index contributed by atoms with van der Waals surface area (Å²) >= 11 is 0. The Hall–Kier alpha value is -3.71. The summed E-state index contributed by atoms with van der Waals surface area (Å²) in [6.07, 6.45) is 0. The molecule has 0 unspecified atom stereocenters. The van der Waals surface area contributed by atoms with Crippen LogP contribution in [0.15, 0.2) is 66.7 Å². The Bertz CT molecular complexity index is 1070. The zero-order valence-corrected chi connectivity index (χ0v) is 19.6. The van der Waals surface area contributed by atoms with Crippen LogP contribution in [0.5, 0.6) is 23.0 Å². The van der Waals surface area contributed by atoms with Gasteiger partial charge in [-0.1, -0.05) is 32.0 Å². The average molecular weight is 467 g/mol. The van der Waals surface area contributed by atoms with Gasteiger partial charge in [0.15, 0.2) is 0 Å². The fourth-order valence-electron chi connectivity index (χ4n) is 3.44. The summed E-state index contributed by atoms with van der Waals surface area (Å²) in [7, 11) is 1.62. The normalized spacial score (nSPS) is 11.1. The average Bonchev–Trinajstić information content (AvgIpc) is 2.84. The number of aromatic hydroxyl groups is 1. The van der Waals surface area contributed by atoms with Crippen molar-refractivity contribution < 1.29 is 34.0 Å². The molecule has 7 nitrogen and oxygen atoms in total. The van der Waals surface area contributed by atoms with E-state index in [0.717, 1.165) is 28.4 Å². The van der Waals surface area contributed by atoms with Gasteiger partial charge in [-0.2, -0.15) is 0 Å². The molecule has 0 aliphatic carbocycles. The Morgan fingerprint density at radius 3 is 1.79 bits per heavy atom. The van der Waals surface area contributed by atoms with E-state index < -0.39 is 11.4 Å². The van der Waals surface area contributed by atoms with Crippen LogP contribution in [0.4, 0.5) is 0 Å². The van der Waals surface area contributed by atoms with Gasteiger partial charge < -0.3 is 29.2 Å². The molecule has 0 fully saturated rings. The number of hydrogen-bond donors (Lipinski definition) is 2. The van der Waals surface area contributed by atoms with E-state index in [-0.39, 0.29) is 11.3 Å². The molecule has 3 aromatic rings. The molecule has 3 rings (SSSR count). The highest BCUT2D eigenvalue weighted by Crippen LogP contribution is 2.34. The molecule has 180 valence electrons. The minimum Gasteiger partial charge on any atom is -0.507 e. The third-order valence-electron chi connectivity index (χ3n) is 5.58. The van der Waals surface area contributed by atoms with Crippen LogP contribution in [0, 0.1) is 0 Å². The van der Waals surface area contributed by atoms with Crippen molar-refractivity contribution in [2.45, 2.75) is 19.3 Å². The Morgan fingerprint density at radius 2 is 1.26 bits per heavy atom. The van der Waals surface area contributed by atoms with Gasteiger partial charge in [-0.05, 0) is 59.7 Å². The van der Waals surface area contributed by atoms with E-state index >= 15 is 0 Å². The van der Waals surface area contributed by atoms with Crippen LogP contribution in [0.25, 0.3) is 0 Å². The standard InChI is InChI=1S/C27H30O7/c1-27(2,20-6-13-25(28)24(18-20)26(29)30)19-4-7-22(8-5-19)33-16-14-32-15-17-34-23-11-9-21(31-3)10-12-23/h4-13,18,28H,14-17H2,1-3H3,(H,29,30). The molecule has 0 saturated carbocycles. The molecule has 0 spiro atoms. The summed E-state index contributed by atoms with van der Waals surface area (Å²) in [5, 5.41) is 19.1. The van der Waals surface area contributed by atoms with E-state index in [1.807, 2.05) is 62.4 Å². The smallest absolute Gasteiger partial charge is 0.339 e. The molecule has 0 aliphatic rings. The lowest BCUT2D eigenvalue weighted by Gasteiger charge is -2.27. The zero-order chi connectivity index (χ0) is 24.6. The van der Waals surface area contributed by atoms with E-state index in [4.69, 9.17) is 18.9 Å². The van der Waals surface area contributed by atoms with Crippen molar-refractivity contribution in [3.05, 3.63) is 83.4 Å². The lowest BCUT2D eigenvalue weighted by atomic mass is 9.77. The van der Waals surface area contributed by atoms with E-state index in [2.05, 4.69) is 0 Å². The number of hydrogen-bond acceptors (Lipinski definition) is 6. The number of benzene rings is 3. The van der Waals surface area contributed by atoms with Crippen LogP contribution in [-0.4, -0.2) is 49.7 Å². The van der Waals surface area contributed by atoms with Crippen LogP contribution in [0.2, 0.25) is 0 Å². The molecule has 3 aromatic carbocycles. The third-order valence-corrected chi connectivity index (χ3v) is 5.58. The molecule has 0 bridgehead atoms. The minimum absolute atomic E-state index is 0.111. The van der Waals surface area contributed by atoms with E-state index in [9.17, 15) is 15.0 Å². The molecule has 0 radical (unpaired) electrons. The summed E-state index contributed by atoms with van der Waals surface area (Å²) in [5.41, 5.74) is 1.22. The molecule has 2 N–H and O–H groups in total. The molecule has 0 amide bonds. The van der Waals surface area contributed by atoms with Gasteiger partial charge in [0.05, 0.1) is 20.3 Å². The largest absolute Gasteiger partial charge is 0.507 e. The number of carbonyl (C=O) groups is 1. The first-order chi connectivity index (χ1) is 16.3. The van der Waals surface area contributed by atoms with Crippen molar-refractivity contribution in [2.75, 3.05) is 33.5 Å². The SMILES string of the molecule is COc1ccc(OCCOCCOc2ccc(C(C)(C)c3ccc(O)c(C(=O)O)c3)cc2)cc1. The van der Waals surface area contributed by atoms with Crippen molar-refractivity contribution in [2.24, 2.45) is 0 Å². The number of aromatic carboxylic acids is 1. The monoisotopic (exact) mass is 466 g/mol. The first kappa shape index (κ1) is 24.9. The van der Waals surface area contributed by atoms with Crippen molar-refractivity contribution in [1.82, 2.24) is 0 Å². The van der Waals surface area contributed by atoms with Gasteiger partial charge in [0, 0.05) is 5.41 Å². The molecule has 0 saturated heterocycles. The molecular weight excluding hydrogens is 436 g/mol. The number of carboxylic acids is 1. The molecule has 0 aliphatic heterocycles. The molecule has 0 atom stereocenters. The number of methoxy groups -OCH3 is 1.